The van der Waals surface area contributed by atoms with Crippen molar-refractivity contribution in [3.8, 4) is 0 Å². The molecule has 2 bridgehead atoms. The Balaban J connectivity index is 1.60. The average Bonchev–Trinajstić information content (AvgIpc) is 3.42. The Kier molecular flexibility index (Phi) is 3.63. The lowest BCUT2D eigenvalue weighted by molar-refractivity contribution is -0.157. The summed E-state index contributed by atoms with van der Waals surface area (Å²) in [7, 11) is 0. The number of carboxylic acid groups (broad SMARTS) is 1. The lowest BCUT2D eigenvalue weighted by Gasteiger charge is -2.42. The molecule has 3 heterocycles. The van der Waals surface area contributed by atoms with E-state index in [0.29, 0.717) is 25.3 Å². The van der Waals surface area contributed by atoms with E-state index in [1.54, 1.807) is 16.7 Å². The minimum Gasteiger partial charge on any atom is -0.474 e. The second kappa shape index (κ2) is 5.72. The van der Waals surface area contributed by atoms with Gasteiger partial charge in [0.2, 0.25) is 5.91 Å². The molecule has 8 heteroatoms. The van der Waals surface area contributed by atoms with Crippen LogP contribution in [0.3, 0.4) is 0 Å². The van der Waals surface area contributed by atoms with Crippen molar-refractivity contribution in [1.29, 1.82) is 0 Å². The first kappa shape index (κ1) is 15.9. The van der Waals surface area contributed by atoms with Gasteiger partial charge in [0.1, 0.15) is 5.69 Å². The number of aliphatic carboxylic acids is 1. The lowest BCUT2D eigenvalue weighted by Crippen LogP contribution is -2.51. The summed E-state index contributed by atoms with van der Waals surface area (Å²) < 4.78 is 1.67. The number of nitrogens with zero attached hydrogens (tertiary/aromatic N) is 2. The van der Waals surface area contributed by atoms with Crippen molar-refractivity contribution < 1.29 is 19.5 Å². The third-order valence-electron chi connectivity index (χ3n) is 5.28. The van der Waals surface area contributed by atoms with Crippen LogP contribution in [0.5, 0.6) is 0 Å². The van der Waals surface area contributed by atoms with E-state index in [9.17, 15) is 19.2 Å². The van der Waals surface area contributed by atoms with E-state index in [2.05, 4.69) is 5.32 Å². The molecule has 132 valence electrons. The number of anilines is 1. The van der Waals surface area contributed by atoms with Gasteiger partial charge in [-0.25, -0.2) is 4.79 Å². The van der Waals surface area contributed by atoms with Crippen LogP contribution in [0.2, 0.25) is 0 Å². The molecule has 1 saturated heterocycles. The van der Waals surface area contributed by atoms with Gasteiger partial charge in [-0.15, -0.1) is 0 Å². The SMILES string of the molecule is O=C(O)C(=O)N1CC2CC(C1)c1ccc(NC(=O)C3CC3)c(=O)n1C2. The number of carbonyl (C=O) groups excluding carboxylic acids is 2. The number of carboxylic acids is 1. The zero-order valence-corrected chi connectivity index (χ0v) is 13.6. The topological polar surface area (TPSA) is 109 Å². The number of piperidine rings is 1. The van der Waals surface area contributed by atoms with E-state index in [1.807, 2.05) is 0 Å². The first-order valence-corrected chi connectivity index (χ1v) is 8.51. The molecule has 0 aromatic carbocycles. The van der Waals surface area contributed by atoms with Gasteiger partial charge in [-0.2, -0.15) is 0 Å². The van der Waals surface area contributed by atoms with Crippen molar-refractivity contribution in [3.63, 3.8) is 0 Å². The number of hydrogen-bond acceptors (Lipinski definition) is 4. The normalized spacial score (nSPS) is 24.4. The molecular formula is C17H19N3O5. The summed E-state index contributed by atoms with van der Waals surface area (Å²) in [4.78, 5) is 48.7. The van der Waals surface area contributed by atoms with Gasteiger partial charge in [0, 0.05) is 37.2 Å². The van der Waals surface area contributed by atoms with Crippen LogP contribution < -0.4 is 10.9 Å². The Hall–Kier alpha value is -2.64. The molecule has 0 radical (unpaired) electrons. The van der Waals surface area contributed by atoms with Crippen LogP contribution in [0.1, 0.15) is 30.9 Å². The van der Waals surface area contributed by atoms with Crippen molar-refractivity contribution >= 4 is 23.5 Å². The molecule has 2 aliphatic heterocycles. The minimum absolute atomic E-state index is 0.0235. The number of rotatable bonds is 2. The zero-order valence-electron chi connectivity index (χ0n) is 13.6. The maximum absolute atomic E-state index is 12.7. The molecule has 1 aromatic rings. The van der Waals surface area contributed by atoms with Gasteiger partial charge < -0.3 is 19.9 Å². The quantitative estimate of drug-likeness (QED) is 0.746. The van der Waals surface area contributed by atoms with E-state index in [1.165, 1.54) is 4.90 Å². The fourth-order valence-electron chi connectivity index (χ4n) is 3.92. The number of amides is 2. The molecule has 25 heavy (non-hydrogen) atoms. The van der Waals surface area contributed by atoms with Crippen molar-refractivity contribution in [2.45, 2.75) is 31.7 Å². The second-order valence-electron chi connectivity index (χ2n) is 7.17. The molecule has 8 nitrogen and oxygen atoms in total. The number of hydrogen-bond donors (Lipinski definition) is 2. The standard InChI is InChI=1S/C17H19N3O5/c21-14(10-1-2-10)18-12-3-4-13-11-5-9(7-20(13)15(12)22)6-19(8-11)16(23)17(24)25/h3-4,9-11H,1-2,5-8H2,(H,18,21)(H,24,25). The highest BCUT2D eigenvalue weighted by Crippen LogP contribution is 2.35. The zero-order chi connectivity index (χ0) is 17.7. The molecule has 2 amide bonds. The van der Waals surface area contributed by atoms with Crippen LogP contribution in [0.15, 0.2) is 16.9 Å². The molecular weight excluding hydrogens is 326 g/mol. The van der Waals surface area contributed by atoms with Crippen LogP contribution >= 0.6 is 0 Å². The Bertz CT molecular complexity index is 826. The molecule has 1 aromatic heterocycles. The molecule has 2 N–H and O–H groups in total. The van der Waals surface area contributed by atoms with Gasteiger partial charge in [-0.3, -0.25) is 14.4 Å². The third kappa shape index (κ3) is 2.81. The van der Waals surface area contributed by atoms with Gasteiger partial charge in [0.15, 0.2) is 0 Å². The first-order valence-electron chi connectivity index (χ1n) is 8.51. The summed E-state index contributed by atoms with van der Waals surface area (Å²) in [5, 5.41) is 11.6. The number of likely N-dealkylation sites (tertiary alicyclic amines) is 1. The molecule has 2 atom stereocenters. The van der Waals surface area contributed by atoms with Gasteiger partial charge in [0.25, 0.3) is 5.56 Å². The predicted molar refractivity (Wildman–Crippen MR) is 87.1 cm³/mol. The minimum atomic E-state index is -1.45. The monoisotopic (exact) mass is 345 g/mol. The molecule has 1 aliphatic carbocycles. The number of aromatic nitrogens is 1. The van der Waals surface area contributed by atoms with Crippen LogP contribution in [0.4, 0.5) is 5.69 Å². The Morgan fingerprint density at radius 3 is 2.56 bits per heavy atom. The Labute approximate surface area is 143 Å². The maximum Gasteiger partial charge on any atom is 0.394 e. The smallest absolute Gasteiger partial charge is 0.394 e. The molecule has 4 rings (SSSR count). The van der Waals surface area contributed by atoms with Crippen molar-refractivity contribution in [2.75, 3.05) is 18.4 Å². The van der Waals surface area contributed by atoms with Crippen molar-refractivity contribution in [3.05, 3.63) is 28.2 Å². The predicted octanol–water partition coefficient (Wildman–Crippen LogP) is 0.227. The largest absolute Gasteiger partial charge is 0.474 e. The number of carbonyl (C=O) groups is 3. The third-order valence-corrected chi connectivity index (χ3v) is 5.28. The summed E-state index contributed by atoms with van der Waals surface area (Å²) in [6.07, 6.45) is 2.57. The highest BCUT2D eigenvalue weighted by Gasteiger charge is 2.38. The van der Waals surface area contributed by atoms with E-state index >= 15 is 0 Å². The summed E-state index contributed by atoms with van der Waals surface area (Å²) in [6, 6.07) is 3.42. The van der Waals surface area contributed by atoms with E-state index in [-0.39, 0.29) is 29.2 Å². The highest BCUT2D eigenvalue weighted by molar-refractivity contribution is 6.31. The van der Waals surface area contributed by atoms with Gasteiger partial charge in [-0.1, -0.05) is 0 Å². The second-order valence-corrected chi connectivity index (χ2v) is 7.17. The van der Waals surface area contributed by atoms with Crippen LogP contribution in [0.25, 0.3) is 0 Å². The van der Waals surface area contributed by atoms with Gasteiger partial charge >= 0.3 is 11.9 Å². The first-order chi connectivity index (χ1) is 11.9. The fourth-order valence-corrected chi connectivity index (χ4v) is 3.92. The number of fused-ring (bicyclic) bond motifs is 4. The maximum atomic E-state index is 12.7. The van der Waals surface area contributed by atoms with Gasteiger partial charge in [-0.05, 0) is 37.3 Å². The molecule has 3 aliphatic rings. The molecule has 2 unspecified atom stereocenters. The van der Waals surface area contributed by atoms with E-state index in [4.69, 9.17) is 5.11 Å². The summed E-state index contributed by atoms with van der Waals surface area (Å²) in [5.74, 6) is -2.44. The lowest BCUT2D eigenvalue weighted by atomic mass is 9.83. The fraction of sp³-hybridized carbons (Fsp3) is 0.529. The Morgan fingerprint density at radius 1 is 1.12 bits per heavy atom. The van der Waals surface area contributed by atoms with E-state index < -0.39 is 11.9 Å². The number of nitrogens with one attached hydrogen (secondary N) is 1. The summed E-state index contributed by atoms with van der Waals surface area (Å²) in [6.45, 7) is 1.07. The summed E-state index contributed by atoms with van der Waals surface area (Å²) in [5.41, 5.74) is 0.867. The average molecular weight is 345 g/mol. The Morgan fingerprint density at radius 2 is 1.88 bits per heavy atom. The van der Waals surface area contributed by atoms with Crippen molar-refractivity contribution in [2.24, 2.45) is 11.8 Å². The van der Waals surface area contributed by atoms with Crippen LogP contribution in [-0.2, 0) is 20.9 Å². The van der Waals surface area contributed by atoms with Crippen LogP contribution in [-0.4, -0.2) is 45.4 Å². The van der Waals surface area contributed by atoms with E-state index in [0.717, 1.165) is 25.0 Å². The molecule has 1 saturated carbocycles. The van der Waals surface area contributed by atoms with Crippen molar-refractivity contribution in [1.82, 2.24) is 9.47 Å². The highest BCUT2D eigenvalue weighted by atomic mass is 16.4. The van der Waals surface area contributed by atoms with Crippen LogP contribution in [0, 0.1) is 11.8 Å². The van der Waals surface area contributed by atoms with Gasteiger partial charge in [0.05, 0.1) is 0 Å². The summed E-state index contributed by atoms with van der Waals surface area (Å²) >= 11 is 0. The number of pyridine rings is 1. The molecule has 0 spiro atoms. The molecule has 2 fully saturated rings.